The van der Waals surface area contributed by atoms with Crippen molar-refractivity contribution in [2.75, 3.05) is 26.3 Å². The first-order valence-electron chi connectivity index (χ1n) is 11.0. The summed E-state index contributed by atoms with van der Waals surface area (Å²) >= 11 is 0. The largest absolute Gasteiger partial charge is 0.381 e. The van der Waals surface area contributed by atoms with E-state index in [1.165, 1.54) is 54.3 Å². The number of ether oxygens (including phenoxy) is 1. The molecular weight excluding hydrogens is 346 g/mol. The highest BCUT2D eigenvalue weighted by Gasteiger charge is 2.25. The van der Waals surface area contributed by atoms with E-state index in [1.54, 1.807) is 0 Å². The number of aromatic nitrogens is 2. The zero-order chi connectivity index (χ0) is 18.8. The van der Waals surface area contributed by atoms with Gasteiger partial charge in [0.15, 0.2) is 0 Å². The Morgan fingerprint density at radius 1 is 1.11 bits per heavy atom. The lowest BCUT2D eigenvalue weighted by molar-refractivity contribution is 0.0610. The number of piperidine rings is 1. The maximum atomic E-state index is 5.57. The summed E-state index contributed by atoms with van der Waals surface area (Å²) < 4.78 is 5.57. The summed E-state index contributed by atoms with van der Waals surface area (Å²) in [5, 5.41) is 4.77. The highest BCUT2D eigenvalue weighted by molar-refractivity contribution is 5.91. The van der Waals surface area contributed by atoms with Crippen molar-refractivity contribution < 1.29 is 4.74 Å². The summed E-state index contributed by atoms with van der Waals surface area (Å²) in [5.41, 5.74) is 5.29. The summed E-state index contributed by atoms with van der Waals surface area (Å²) in [6, 6.07) is 4.61. The van der Waals surface area contributed by atoms with Gasteiger partial charge in [0.2, 0.25) is 0 Å². The number of hydrogen-bond donors (Lipinski definition) is 2. The number of hydrogen-bond acceptors (Lipinski definition) is 3. The van der Waals surface area contributed by atoms with Gasteiger partial charge in [0, 0.05) is 36.4 Å². The zero-order valence-corrected chi connectivity index (χ0v) is 16.6. The first-order chi connectivity index (χ1) is 13.9. The molecule has 1 unspecified atom stereocenters. The highest BCUT2D eigenvalue weighted by atomic mass is 16.5. The smallest absolute Gasteiger partial charge is 0.138 e. The Morgan fingerprint density at radius 3 is 2.82 bits per heavy atom. The van der Waals surface area contributed by atoms with Crippen LogP contribution in [-0.2, 0) is 4.74 Å². The molecule has 2 saturated heterocycles. The Labute approximate surface area is 167 Å². The molecule has 2 aliphatic heterocycles. The molecule has 0 amide bonds. The summed E-state index contributed by atoms with van der Waals surface area (Å²) in [5.74, 6) is 2.03. The van der Waals surface area contributed by atoms with Crippen LogP contribution in [0.1, 0.15) is 55.7 Å². The van der Waals surface area contributed by atoms with E-state index in [-0.39, 0.29) is 0 Å². The molecule has 3 aliphatic rings. The molecule has 0 bridgehead atoms. The van der Waals surface area contributed by atoms with Crippen molar-refractivity contribution >= 4 is 16.6 Å². The van der Waals surface area contributed by atoms with Crippen LogP contribution in [0.3, 0.4) is 0 Å². The lowest BCUT2D eigenvalue weighted by Crippen LogP contribution is -2.26. The molecule has 0 radical (unpaired) electrons. The van der Waals surface area contributed by atoms with Crippen LogP contribution in [0.5, 0.6) is 0 Å². The maximum absolute atomic E-state index is 5.57. The van der Waals surface area contributed by atoms with Gasteiger partial charge in [-0.2, -0.15) is 0 Å². The Bertz CT molecular complexity index is 869. The maximum Gasteiger partial charge on any atom is 0.138 e. The fraction of sp³-hybridized carbons (Fsp3) is 0.542. The fourth-order valence-electron chi connectivity index (χ4n) is 5.25. The van der Waals surface area contributed by atoms with Gasteiger partial charge in [-0.1, -0.05) is 18.2 Å². The second-order valence-corrected chi connectivity index (χ2v) is 8.64. The molecule has 0 saturated carbocycles. The number of nitrogens with one attached hydrogen (secondary N) is 2. The van der Waals surface area contributed by atoms with Gasteiger partial charge in [-0.3, -0.25) is 0 Å². The average molecular weight is 378 g/mol. The molecule has 148 valence electrons. The van der Waals surface area contributed by atoms with E-state index >= 15 is 0 Å². The Balaban J connectivity index is 1.45. The molecule has 0 spiro atoms. The van der Waals surface area contributed by atoms with E-state index < -0.39 is 0 Å². The third-order valence-electron chi connectivity index (χ3n) is 6.87. The predicted molar refractivity (Wildman–Crippen MR) is 114 cm³/mol. The molecule has 2 aromatic rings. The van der Waals surface area contributed by atoms with Crippen molar-refractivity contribution in [3.8, 4) is 0 Å². The number of nitrogens with zero attached hydrogens (tertiary/aromatic N) is 1. The summed E-state index contributed by atoms with van der Waals surface area (Å²) in [6.45, 7) is 4.10. The van der Waals surface area contributed by atoms with E-state index in [2.05, 4.69) is 45.6 Å². The summed E-state index contributed by atoms with van der Waals surface area (Å²) in [7, 11) is 0. The van der Waals surface area contributed by atoms with Gasteiger partial charge in [0.05, 0.1) is 0 Å². The van der Waals surface area contributed by atoms with Crippen LogP contribution >= 0.6 is 0 Å². The number of rotatable bonds is 4. The molecule has 1 aliphatic carbocycles. The molecule has 4 heteroatoms. The standard InChI is InChI=1S/C24H31N3O/c1-2-4-20(19(3-1)15-17-8-13-28-14-9-17)21-7-12-26-24-22(21)16-23(27-24)18-5-10-25-11-6-18/h1-2,4,7,12,16-19,25H,3,5-6,8-11,13-15H2,(H,26,27). The van der Waals surface area contributed by atoms with Gasteiger partial charge in [-0.25, -0.2) is 4.98 Å². The third-order valence-corrected chi connectivity index (χ3v) is 6.87. The van der Waals surface area contributed by atoms with E-state index in [9.17, 15) is 0 Å². The third kappa shape index (κ3) is 3.68. The van der Waals surface area contributed by atoms with Gasteiger partial charge in [0.25, 0.3) is 0 Å². The number of H-pyrrole nitrogens is 1. The van der Waals surface area contributed by atoms with Crippen LogP contribution in [0.4, 0.5) is 0 Å². The lowest BCUT2D eigenvalue weighted by Gasteiger charge is -2.29. The second kappa shape index (κ2) is 8.22. The number of fused-ring (bicyclic) bond motifs is 1. The van der Waals surface area contributed by atoms with Crippen LogP contribution in [0, 0.1) is 11.8 Å². The molecule has 28 heavy (non-hydrogen) atoms. The average Bonchev–Trinajstić information content (AvgIpc) is 3.20. The molecule has 5 rings (SSSR count). The van der Waals surface area contributed by atoms with Crippen molar-refractivity contribution in [3.05, 3.63) is 47.8 Å². The SMILES string of the molecule is C1=CCC(CC2CCOCC2)C(c2ccnc3[nH]c(C4CCNCC4)cc23)=C1. The van der Waals surface area contributed by atoms with Gasteiger partial charge < -0.3 is 15.0 Å². The highest BCUT2D eigenvalue weighted by Crippen LogP contribution is 2.39. The number of allylic oxidation sites excluding steroid dienone is 4. The molecule has 4 nitrogen and oxygen atoms in total. The zero-order valence-electron chi connectivity index (χ0n) is 16.6. The normalized spacial score (nSPS) is 24.6. The molecule has 4 heterocycles. The van der Waals surface area contributed by atoms with Crippen LogP contribution in [0.15, 0.2) is 36.6 Å². The van der Waals surface area contributed by atoms with Gasteiger partial charge in [-0.15, -0.1) is 0 Å². The van der Waals surface area contributed by atoms with Crippen LogP contribution in [0.2, 0.25) is 0 Å². The molecule has 2 N–H and O–H groups in total. The second-order valence-electron chi connectivity index (χ2n) is 8.64. The molecular formula is C24H31N3O. The van der Waals surface area contributed by atoms with Gasteiger partial charge >= 0.3 is 0 Å². The topological polar surface area (TPSA) is 49.9 Å². The van der Waals surface area contributed by atoms with Crippen molar-refractivity contribution in [3.63, 3.8) is 0 Å². The van der Waals surface area contributed by atoms with Crippen molar-refractivity contribution in [1.82, 2.24) is 15.3 Å². The first kappa shape index (κ1) is 18.1. The minimum atomic E-state index is 0.607. The monoisotopic (exact) mass is 377 g/mol. The van der Waals surface area contributed by atoms with Crippen LogP contribution in [0.25, 0.3) is 16.6 Å². The van der Waals surface area contributed by atoms with E-state index in [0.717, 1.165) is 44.3 Å². The van der Waals surface area contributed by atoms with Crippen LogP contribution < -0.4 is 5.32 Å². The number of pyridine rings is 1. The fourth-order valence-corrected chi connectivity index (χ4v) is 5.25. The Kier molecular flexibility index (Phi) is 5.32. The number of aromatic amines is 1. The summed E-state index contributed by atoms with van der Waals surface area (Å²) in [4.78, 5) is 8.30. The first-order valence-corrected chi connectivity index (χ1v) is 11.0. The van der Waals surface area contributed by atoms with Crippen molar-refractivity contribution in [1.29, 1.82) is 0 Å². The molecule has 2 aromatic heterocycles. The Hall–Kier alpha value is -1.91. The molecule has 0 aromatic carbocycles. The van der Waals surface area contributed by atoms with E-state index in [4.69, 9.17) is 4.74 Å². The van der Waals surface area contributed by atoms with Crippen LogP contribution in [-0.4, -0.2) is 36.3 Å². The minimum Gasteiger partial charge on any atom is -0.381 e. The van der Waals surface area contributed by atoms with E-state index in [1.807, 2.05) is 6.20 Å². The molecule has 2 fully saturated rings. The Morgan fingerprint density at radius 2 is 1.96 bits per heavy atom. The van der Waals surface area contributed by atoms with Gasteiger partial charge in [-0.05, 0) is 86.7 Å². The lowest BCUT2D eigenvalue weighted by atomic mass is 9.78. The van der Waals surface area contributed by atoms with Crippen molar-refractivity contribution in [2.24, 2.45) is 11.8 Å². The van der Waals surface area contributed by atoms with E-state index in [0.29, 0.717) is 11.8 Å². The molecule has 1 atom stereocenters. The van der Waals surface area contributed by atoms with Crippen molar-refractivity contribution in [2.45, 2.75) is 44.4 Å². The minimum absolute atomic E-state index is 0.607. The predicted octanol–water partition coefficient (Wildman–Crippen LogP) is 4.81. The quantitative estimate of drug-likeness (QED) is 0.804. The van der Waals surface area contributed by atoms with Gasteiger partial charge in [0.1, 0.15) is 5.65 Å². The summed E-state index contributed by atoms with van der Waals surface area (Å²) in [6.07, 6.45) is 16.2.